The van der Waals surface area contributed by atoms with Crippen LogP contribution in [0.2, 0.25) is 0 Å². The van der Waals surface area contributed by atoms with Crippen LogP contribution in [-0.2, 0) is 0 Å². The van der Waals surface area contributed by atoms with Crippen LogP contribution in [0.4, 0.5) is 13.2 Å². The molecule has 19 heavy (non-hydrogen) atoms. The van der Waals surface area contributed by atoms with Crippen LogP contribution in [0, 0.1) is 6.92 Å². The molecule has 0 unspecified atom stereocenters. The predicted octanol–water partition coefficient (Wildman–Crippen LogP) is 4.71. The fourth-order valence-electron chi connectivity index (χ4n) is 1.72. The molecular formula is C15H13F3O. The van der Waals surface area contributed by atoms with Gasteiger partial charge in [0.05, 0.1) is 5.57 Å². The van der Waals surface area contributed by atoms with Crippen molar-refractivity contribution in [3.05, 3.63) is 65.5 Å². The molecule has 4 heteroatoms. The van der Waals surface area contributed by atoms with Crippen molar-refractivity contribution in [1.29, 1.82) is 0 Å². The van der Waals surface area contributed by atoms with E-state index in [0.29, 0.717) is 11.5 Å². The number of ether oxygens (including phenoxy) is 1. The fourth-order valence-corrected chi connectivity index (χ4v) is 1.72. The highest BCUT2D eigenvalue weighted by atomic mass is 19.4. The Morgan fingerprint density at radius 3 is 2.68 bits per heavy atom. The van der Waals surface area contributed by atoms with Crippen LogP contribution >= 0.6 is 0 Å². The Bertz CT molecular complexity index is 551. The van der Waals surface area contributed by atoms with E-state index >= 15 is 0 Å². The molecule has 0 bridgehead atoms. The smallest absolute Gasteiger partial charge is 0.416 e. The number of alkyl halides is 3. The standard InChI is InChI=1S/C15H13F3O/c1-11-4-2-7-14(10-11)19-13-6-3-5-12(8-9-13)15(16,17)18/h2-8,10H,9H2,1H3. The fraction of sp³-hybridized carbons (Fsp3) is 0.200. The number of aryl methyl sites for hydroxylation is 1. The SMILES string of the molecule is Cc1cccc(OC2=CC=CC(C(F)(F)F)=CC2)c1. The van der Waals surface area contributed by atoms with Crippen LogP contribution in [0.25, 0.3) is 0 Å². The van der Waals surface area contributed by atoms with E-state index < -0.39 is 11.7 Å². The molecule has 0 atom stereocenters. The second-order valence-corrected chi connectivity index (χ2v) is 4.27. The van der Waals surface area contributed by atoms with Gasteiger partial charge in [0.15, 0.2) is 0 Å². The average Bonchev–Trinajstić information content (AvgIpc) is 2.54. The Morgan fingerprint density at radius 1 is 1.21 bits per heavy atom. The highest BCUT2D eigenvalue weighted by Crippen LogP contribution is 2.29. The molecule has 0 fully saturated rings. The number of rotatable bonds is 2. The van der Waals surface area contributed by atoms with Crippen LogP contribution in [-0.4, -0.2) is 6.18 Å². The van der Waals surface area contributed by atoms with Gasteiger partial charge in [-0.2, -0.15) is 13.2 Å². The van der Waals surface area contributed by atoms with E-state index in [2.05, 4.69) is 0 Å². The van der Waals surface area contributed by atoms with Gasteiger partial charge in [-0.1, -0.05) is 30.4 Å². The van der Waals surface area contributed by atoms with E-state index in [4.69, 9.17) is 4.74 Å². The van der Waals surface area contributed by atoms with Gasteiger partial charge < -0.3 is 4.74 Å². The third kappa shape index (κ3) is 3.74. The molecule has 0 amide bonds. The van der Waals surface area contributed by atoms with Crippen molar-refractivity contribution < 1.29 is 17.9 Å². The monoisotopic (exact) mass is 266 g/mol. The first-order chi connectivity index (χ1) is 8.95. The lowest BCUT2D eigenvalue weighted by Crippen LogP contribution is -2.09. The second kappa shape index (κ2) is 5.34. The molecule has 1 aromatic rings. The van der Waals surface area contributed by atoms with Crippen molar-refractivity contribution in [2.24, 2.45) is 0 Å². The van der Waals surface area contributed by atoms with Gasteiger partial charge >= 0.3 is 6.18 Å². The maximum Gasteiger partial charge on any atom is 0.416 e. The topological polar surface area (TPSA) is 9.23 Å². The molecule has 0 radical (unpaired) electrons. The minimum Gasteiger partial charge on any atom is -0.461 e. The van der Waals surface area contributed by atoms with E-state index in [9.17, 15) is 13.2 Å². The summed E-state index contributed by atoms with van der Waals surface area (Å²) in [5, 5.41) is 0. The molecule has 0 aliphatic heterocycles. The molecular weight excluding hydrogens is 253 g/mol. The largest absolute Gasteiger partial charge is 0.461 e. The molecule has 0 saturated heterocycles. The predicted molar refractivity (Wildman–Crippen MR) is 67.8 cm³/mol. The minimum absolute atomic E-state index is 0.121. The lowest BCUT2D eigenvalue weighted by atomic mass is 10.2. The van der Waals surface area contributed by atoms with E-state index in [1.165, 1.54) is 6.08 Å². The Labute approximate surface area is 109 Å². The van der Waals surface area contributed by atoms with E-state index in [-0.39, 0.29) is 6.42 Å². The first kappa shape index (κ1) is 13.5. The summed E-state index contributed by atoms with van der Waals surface area (Å²) in [4.78, 5) is 0. The van der Waals surface area contributed by atoms with E-state index in [0.717, 1.165) is 17.7 Å². The summed E-state index contributed by atoms with van der Waals surface area (Å²) in [7, 11) is 0. The van der Waals surface area contributed by atoms with Crippen molar-refractivity contribution in [3.63, 3.8) is 0 Å². The molecule has 0 aromatic heterocycles. The molecule has 0 spiro atoms. The zero-order valence-corrected chi connectivity index (χ0v) is 10.4. The Kier molecular flexibility index (Phi) is 3.79. The average molecular weight is 266 g/mol. The molecule has 0 saturated carbocycles. The van der Waals surface area contributed by atoms with Crippen LogP contribution in [0.5, 0.6) is 5.75 Å². The number of allylic oxidation sites excluding steroid dienone is 5. The third-order valence-electron chi connectivity index (χ3n) is 2.65. The summed E-state index contributed by atoms with van der Waals surface area (Å²) < 4.78 is 43.2. The third-order valence-corrected chi connectivity index (χ3v) is 2.65. The van der Waals surface area contributed by atoms with Crippen molar-refractivity contribution in [2.45, 2.75) is 19.5 Å². The van der Waals surface area contributed by atoms with E-state index in [1.807, 2.05) is 25.1 Å². The summed E-state index contributed by atoms with van der Waals surface area (Å²) in [6.45, 7) is 1.93. The summed E-state index contributed by atoms with van der Waals surface area (Å²) in [6, 6.07) is 7.38. The Hall–Kier alpha value is -1.97. The normalized spacial score (nSPS) is 15.6. The van der Waals surface area contributed by atoms with Crippen molar-refractivity contribution in [1.82, 2.24) is 0 Å². The molecule has 0 heterocycles. The zero-order chi connectivity index (χ0) is 13.9. The lowest BCUT2D eigenvalue weighted by molar-refractivity contribution is -0.0883. The highest BCUT2D eigenvalue weighted by molar-refractivity contribution is 5.34. The molecule has 1 aromatic carbocycles. The van der Waals surface area contributed by atoms with Gasteiger partial charge in [-0.05, 0) is 30.7 Å². The van der Waals surface area contributed by atoms with Gasteiger partial charge in [0.25, 0.3) is 0 Å². The quantitative estimate of drug-likeness (QED) is 0.753. The second-order valence-electron chi connectivity index (χ2n) is 4.27. The highest BCUT2D eigenvalue weighted by Gasteiger charge is 2.31. The number of halogens is 3. The first-order valence-electron chi connectivity index (χ1n) is 5.84. The number of hydrogen-bond donors (Lipinski definition) is 0. The summed E-state index contributed by atoms with van der Waals surface area (Å²) in [6.07, 6.45) is 0.895. The van der Waals surface area contributed by atoms with Crippen LogP contribution in [0.3, 0.4) is 0 Å². The maximum absolute atomic E-state index is 12.5. The van der Waals surface area contributed by atoms with Crippen molar-refractivity contribution in [3.8, 4) is 5.75 Å². The maximum atomic E-state index is 12.5. The van der Waals surface area contributed by atoms with Crippen LogP contribution < -0.4 is 4.74 Å². The summed E-state index contributed by atoms with van der Waals surface area (Å²) >= 11 is 0. The minimum atomic E-state index is -4.32. The molecule has 2 rings (SSSR count). The number of hydrogen-bond acceptors (Lipinski definition) is 1. The van der Waals surface area contributed by atoms with Gasteiger partial charge in [-0.3, -0.25) is 0 Å². The summed E-state index contributed by atoms with van der Waals surface area (Å²) in [5.41, 5.74) is 0.389. The van der Waals surface area contributed by atoms with Gasteiger partial charge in [0.1, 0.15) is 11.5 Å². The van der Waals surface area contributed by atoms with E-state index in [1.54, 1.807) is 12.1 Å². The molecule has 1 nitrogen and oxygen atoms in total. The molecule has 1 aliphatic carbocycles. The Morgan fingerprint density at radius 2 is 2.00 bits per heavy atom. The van der Waals surface area contributed by atoms with Gasteiger partial charge in [-0.15, -0.1) is 0 Å². The van der Waals surface area contributed by atoms with Gasteiger partial charge in [0, 0.05) is 6.42 Å². The molecule has 0 N–H and O–H groups in total. The van der Waals surface area contributed by atoms with Gasteiger partial charge in [0.2, 0.25) is 0 Å². The van der Waals surface area contributed by atoms with Crippen molar-refractivity contribution in [2.75, 3.05) is 0 Å². The Balaban J connectivity index is 2.11. The van der Waals surface area contributed by atoms with Gasteiger partial charge in [-0.25, -0.2) is 0 Å². The summed E-state index contributed by atoms with van der Waals surface area (Å²) in [5.74, 6) is 1.12. The zero-order valence-electron chi connectivity index (χ0n) is 10.4. The van der Waals surface area contributed by atoms with Crippen LogP contribution in [0.1, 0.15) is 12.0 Å². The molecule has 1 aliphatic rings. The lowest BCUT2D eigenvalue weighted by Gasteiger charge is -2.09. The van der Waals surface area contributed by atoms with Crippen LogP contribution in [0.15, 0.2) is 59.9 Å². The number of benzene rings is 1. The first-order valence-corrected chi connectivity index (χ1v) is 5.84. The molecule has 100 valence electrons. The van der Waals surface area contributed by atoms with Crippen molar-refractivity contribution >= 4 is 0 Å².